The number of ether oxygens (including phenoxy) is 1. The molecule has 0 aromatic carbocycles. The Kier molecular flexibility index (Phi) is 6.34. The van der Waals surface area contributed by atoms with Crippen LogP contribution in [-0.4, -0.2) is 17.9 Å². The summed E-state index contributed by atoms with van der Waals surface area (Å²) in [6, 6.07) is 0. The molecule has 190 valence electrons. The van der Waals surface area contributed by atoms with Crippen molar-refractivity contribution in [3.8, 4) is 0 Å². The Labute approximate surface area is 205 Å². The molecule has 5 aliphatic rings. The molecular weight excluding hydrogens is 402 g/mol. The molecule has 1 spiro atoms. The van der Waals surface area contributed by atoms with Crippen molar-refractivity contribution in [3.63, 3.8) is 0 Å². The zero-order chi connectivity index (χ0) is 23.6. The maximum Gasteiger partial charge on any atom is 0.120 e. The molecule has 2 unspecified atom stereocenters. The summed E-state index contributed by atoms with van der Waals surface area (Å²) in [6.45, 7) is 18.3. The first-order valence-corrected chi connectivity index (χ1v) is 14.9. The van der Waals surface area contributed by atoms with Crippen LogP contribution in [0.3, 0.4) is 0 Å². The minimum absolute atomic E-state index is 0.0203. The average molecular weight is 458 g/mol. The summed E-state index contributed by atoms with van der Waals surface area (Å²) in [5.74, 6) is 6.59. The van der Waals surface area contributed by atoms with Gasteiger partial charge in [-0.3, -0.25) is 5.32 Å². The molecule has 0 bridgehead atoms. The van der Waals surface area contributed by atoms with Gasteiger partial charge in [0.15, 0.2) is 0 Å². The number of rotatable bonds is 5. The van der Waals surface area contributed by atoms with Gasteiger partial charge in [-0.1, -0.05) is 53.9 Å². The molecule has 4 aliphatic carbocycles. The first kappa shape index (κ1) is 24.6. The summed E-state index contributed by atoms with van der Waals surface area (Å²) >= 11 is 0. The van der Waals surface area contributed by atoms with Crippen molar-refractivity contribution in [3.05, 3.63) is 0 Å². The molecule has 1 aliphatic heterocycles. The molecule has 4 saturated carbocycles. The predicted molar refractivity (Wildman–Crippen MR) is 139 cm³/mol. The lowest BCUT2D eigenvalue weighted by molar-refractivity contribution is -0.160. The number of hydrogen-bond donors (Lipinski definition) is 1. The van der Waals surface area contributed by atoms with Gasteiger partial charge < -0.3 is 4.74 Å². The van der Waals surface area contributed by atoms with Gasteiger partial charge in [-0.15, -0.1) is 0 Å². The lowest BCUT2D eigenvalue weighted by Crippen LogP contribution is -2.59. The second-order valence-electron chi connectivity index (χ2n) is 15.2. The van der Waals surface area contributed by atoms with Crippen LogP contribution in [0.25, 0.3) is 0 Å². The van der Waals surface area contributed by atoms with E-state index in [1.807, 2.05) is 0 Å². The highest BCUT2D eigenvalue weighted by Gasteiger charge is 2.62. The number of hydrogen-bond acceptors (Lipinski definition) is 2. The van der Waals surface area contributed by atoms with E-state index in [0.717, 1.165) is 48.0 Å². The van der Waals surface area contributed by atoms with Crippen molar-refractivity contribution < 1.29 is 4.74 Å². The standard InChI is InChI=1S/C31H55NO/c1-21(2)9-8-10-22(3)25-13-14-26-24-12-11-23-19-31(32-28(4,5)20-33-31)18-17-29(23,6)27(24)15-16-30(25,26)7/h21-27,32H,8-20H2,1-7H3/t22-,23?,24+,25-,26+,27+,29+,30-,31?/m1/s1. The SMILES string of the molecule is CC(C)CCC[C@@H](C)[C@H]1CC[C@H]2[C@@H]3CCC4CC5(CC[C@]4(C)[C@H]3CC[C@]12C)NC(C)(C)CO5. The predicted octanol–water partition coefficient (Wildman–Crippen LogP) is 8.20. The van der Waals surface area contributed by atoms with Gasteiger partial charge in [-0.25, -0.2) is 0 Å². The summed E-state index contributed by atoms with van der Waals surface area (Å²) in [6.07, 6.45) is 17.2. The maximum atomic E-state index is 6.49. The minimum atomic E-state index is -0.0203. The zero-order valence-electron chi connectivity index (χ0n) is 23.1. The Balaban J connectivity index is 1.27. The van der Waals surface area contributed by atoms with Crippen molar-refractivity contribution >= 4 is 0 Å². The lowest BCUT2D eigenvalue weighted by atomic mass is 9.44. The van der Waals surface area contributed by atoms with Gasteiger partial charge in [0.25, 0.3) is 0 Å². The highest BCUT2D eigenvalue weighted by molar-refractivity contribution is 5.12. The van der Waals surface area contributed by atoms with Gasteiger partial charge in [0.1, 0.15) is 5.72 Å². The third-order valence-electron chi connectivity index (χ3n) is 12.2. The van der Waals surface area contributed by atoms with Gasteiger partial charge in [-0.2, -0.15) is 0 Å². The summed E-state index contributed by atoms with van der Waals surface area (Å²) in [4.78, 5) is 0. The van der Waals surface area contributed by atoms with Crippen LogP contribution in [0.4, 0.5) is 0 Å². The summed E-state index contributed by atoms with van der Waals surface area (Å²) < 4.78 is 6.49. The van der Waals surface area contributed by atoms with E-state index < -0.39 is 0 Å². The molecule has 5 fully saturated rings. The van der Waals surface area contributed by atoms with Crippen molar-refractivity contribution in [2.24, 2.45) is 52.3 Å². The maximum absolute atomic E-state index is 6.49. The monoisotopic (exact) mass is 457 g/mol. The van der Waals surface area contributed by atoms with E-state index in [9.17, 15) is 0 Å². The fourth-order valence-corrected chi connectivity index (χ4v) is 10.5. The van der Waals surface area contributed by atoms with Gasteiger partial charge in [0.05, 0.1) is 6.61 Å². The molecule has 1 heterocycles. The largest absolute Gasteiger partial charge is 0.359 e. The second-order valence-corrected chi connectivity index (χ2v) is 15.2. The van der Waals surface area contributed by atoms with Crippen LogP contribution < -0.4 is 5.32 Å². The molecule has 0 aromatic rings. The van der Waals surface area contributed by atoms with Crippen molar-refractivity contribution in [2.45, 2.75) is 137 Å². The van der Waals surface area contributed by atoms with Crippen LogP contribution in [0.15, 0.2) is 0 Å². The first-order chi connectivity index (χ1) is 15.5. The molecule has 2 heteroatoms. The Morgan fingerprint density at radius 2 is 1.58 bits per heavy atom. The Morgan fingerprint density at radius 3 is 2.27 bits per heavy atom. The smallest absolute Gasteiger partial charge is 0.120 e. The average Bonchev–Trinajstić information content (AvgIpc) is 3.24. The van der Waals surface area contributed by atoms with Crippen molar-refractivity contribution in [1.82, 2.24) is 5.32 Å². The molecule has 0 aromatic heterocycles. The Bertz CT molecular complexity index is 716. The summed E-state index contributed by atoms with van der Waals surface area (Å²) in [5, 5.41) is 3.93. The van der Waals surface area contributed by atoms with Gasteiger partial charge in [0, 0.05) is 5.54 Å². The van der Waals surface area contributed by atoms with E-state index >= 15 is 0 Å². The molecule has 0 amide bonds. The van der Waals surface area contributed by atoms with Crippen molar-refractivity contribution in [2.75, 3.05) is 6.61 Å². The van der Waals surface area contributed by atoms with Gasteiger partial charge >= 0.3 is 0 Å². The summed E-state index contributed by atoms with van der Waals surface area (Å²) in [5.41, 5.74) is 1.29. The minimum Gasteiger partial charge on any atom is -0.359 e. The molecule has 1 N–H and O–H groups in total. The number of fused-ring (bicyclic) bond motifs is 5. The molecule has 9 atom stereocenters. The molecule has 0 radical (unpaired) electrons. The van der Waals surface area contributed by atoms with Crippen LogP contribution >= 0.6 is 0 Å². The normalized spacial score (nSPS) is 49.6. The number of nitrogens with one attached hydrogen (secondary N) is 1. The van der Waals surface area contributed by atoms with Gasteiger partial charge in [-0.05, 0) is 124 Å². The van der Waals surface area contributed by atoms with Crippen LogP contribution in [0.5, 0.6) is 0 Å². The molecule has 5 rings (SSSR count). The summed E-state index contributed by atoms with van der Waals surface area (Å²) in [7, 11) is 0. The first-order valence-electron chi connectivity index (χ1n) is 14.9. The van der Waals surface area contributed by atoms with E-state index in [1.165, 1.54) is 77.0 Å². The van der Waals surface area contributed by atoms with E-state index in [1.54, 1.807) is 0 Å². The third-order valence-corrected chi connectivity index (χ3v) is 12.2. The van der Waals surface area contributed by atoms with E-state index in [0.29, 0.717) is 10.8 Å². The van der Waals surface area contributed by atoms with E-state index in [2.05, 4.69) is 53.8 Å². The van der Waals surface area contributed by atoms with Crippen LogP contribution in [-0.2, 0) is 4.74 Å². The van der Waals surface area contributed by atoms with Crippen molar-refractivity contribution in [1.29, 1.82) is 0 Å². The Morgan fingerprint density at radius 1 is 0.818 bits per heavy atom. The third kappa shape index (κ3) is 4.16. The fourth-order valence-electron chi connectivity index (χ4n) is 10.5. The quantitative estimate of drug-likeness (QED) is 0.449. The van der Waals surface area contributed by atoms with Gasteiger partial charge in [0.2, 0.25) is 0 Å². The lowest BCUT2D eigenvalue weighted by Gasteiger charge is -2.62. The molecule has 1 saturated heterocycles. The van der Waals surface area contributed by atoms with Crippen LogP contribution in [0.1, 0.15) is 126 Å². The second kappa shape index (κ2) is 8.50. The van der Waals surface area contributed by atoms with Crippen LogP contribution in [0, 0.1) is 52.3 Å². The Hall–Kier alpha value is -0.0800. The van der Waals surface area contributed by atoms with E-state index in [-0.39, 0.29) is 11.3 Å². The zero-order valence-corrected chi connectivity index (χ0v) is 23.1. The molecule has 33 heavy (non-hydrogen) atoms. The highest BCUT2D eigenvalue weighted by Crippen LogP contribution is 2.69. The van der Waals surface area contributed by atoms with Crippen LogP contribution in [0.2, 0.25) is 0 Å². The van der Waals surface area contributed by atoms with E-state index in [4.69, 9.17) is 4.74 Å². The fraction of sp³-hybridized carbons (Fsp3) is 1.00. The molecular formula is C31H55NO. The highest BCUT2D eigenvalue weighted by atomic mass is 16.5. The topological polar surface area (TPSA) is 21.3 Å². The molecule has 2 nitrogen and oxygen atoms in total.